The molecule has 4 atom stereocenters. The summed E-state index contributed by atoms with van der Waals surface area (Å²) < 4.78 is 26.7. The number of carbonyl (C=O) groups is 2. The average molecular weight is 542 g/mol. The number of aliphatic hydroxyl groups excluding tert-OH is 3. The van der Waals surface area contributed by atoms with Gasteiger partial charge in [-0.3, -0.25) is 18.7 Å². The molecule has 0 bridgehead atoms. The molecule has 18 nitrogen and oxygen atoms in total. The number of hydrogen-bond donors (Lipinski definition) is 10. The normalized spacial score (nSPS) is 17.0. The van der Waals surface area contributed by atoms with E-state index in [1.54, 1.807) is 5.92 Å². The number of carboxylic acid groups (broad SMARTS) is 1. The van der Waals surface area contributed by atoms with Crippen molar-refractivity contribution < 1.29 is 88.2 Å². The number of terminal acetylenes is 2. The summed E-state index contributed by atoms with van der Waals surface area (Å²) in [6.45, 7) is -0.0552. The predicted molar refractivity (Wildman–Crippen MR) is 102 cm³/mol. The Labute approximate surface area is 192 Å². The van der Waals surface area contributed by atoms with Crippen LogP contribution in [-0.2, 0) is 27.8 Å². The molecular weight excluding hydrogens is 518 g/mol. The molecule has 34 heavy (non-hydrogen) atoms. The number of rotatable bonds is 7. The van der Waals surface area contributed by atoms with E-state index in [1.165, 1.54) is 5.92 Å². The highest BCUT2D eigenvalue weighted by molar-refractivity contribution is 7.45. The largest absolute Gasteiger partial charge is 0.756 e. The van der Waals surface area contributed by atoms with Crippen molar-refractivity contribution in [1.29, 1.82) is 0 Å². The Morgan fingerprint density at radius 2 is 1.26 bits per heavy atom. The summed E-state index contributed by atoms with van der Waals surface area (Å²) in [4.78, 5) is 54.2. The van der Waals surface area contributed by atoms with Gasteiger partial charge in [-0.25, -0.2) is 0 Å². The van der Waals surface area contributed by atoms with Crippen LogP contribution in [0.4, 0.5) is 0 Å². The van der Waals surface area contributed by atoms with E-state index in [0.717, 1.165) is 13.8 Å². The first-order valence-electron chi connectivity index (χ1n) is 7.78. The van der Waals surface area contributed by atoms with Crippen molar-refractivity contribution >= 4 is 27.6 Å². The molecular formula is C14H24O18P2-2. The Bertz CT molecular complexity index is 781. The summed E-state index contributed by atoms with van der Waals surface area (Å²) in [5.41, 5.74) is -4.79. The quantitative estimate of drug-likeness (QED) is 0.0812. The minimum Gasteiger partial charge on any atom is -0.756 e. The topological polar surface area (TPSA) is 335 Å². The van der Waals surface area contributed by atoms with Gasteiger partial charge in [0.05, 0.1) is 6.61 Å². The van der Waals surface area contributed by atoms with Crippen LogP contribution < -0.4 is 9.79 Å². The first-order valence-corrected chi connectivity index (χ1v) is 10.8. The molecule has 0 fully saturated rings. The molecule has 0 rings (SSSR count). The van der Waals surface area contributed by atoms with Gasteiger partial charge in [0.15, 0.2) is 23.8 Å². The second-order valence-electron chi connectivity index (χ2n) is 5.36. The molecule has 0 radical (unpaired) electrons. The number of aliphatic carboxylic acids is 1. The molecule has 0 heterocycles. The van der Waals surface area contributed by atoms with Crippen molar-refractivity contribution in [2.45, 2.75) is 37.6 Å². The van der Waals surface area contributed by atoms with Crippen LogP contribution in [0, 0.1) is 24.7 Å². The summed E-state index contributed by atoms with van der Waals surface area (Å²) in [7, 11) is -9.86. The molecule has 0 aromatic heterocycles. The van der Waals surface area contributed by atoms with Gasteiger partial charge in [-0.1, -0.05) is 11.8 Å². The van der Waals surface area contributed by atoms with Crippen molar-refractivity contribution in [1.82, 2.24) is 0 Å². The zero-order valence-electron chi connectivity index (χ0n) is 17.4. The summed E-state index contributed by atoms with van der Waals surface area (Å²) >= 11 is 0. The van der Waals surface area contributed by atoms with E-state index < -0.39 is 64.6 Å². The van der Waals surface area contributed by atoms with Gasteiger partial charge in [0.2, 0.25) is 0 Å². The number of aliphatic hydroxyl groups is 7. The number of hydrogen-bond acceptors (Lipinski definition) is 15. The van der Waals surface area contributed by atoms with Gasteiger partial charge in [0, 0.05) is 13.8 Å². The molecule has 0 aromatic carbocycles. The van der Waals surface area contributed by atoms with Gasteiger partial charge in [-0.2, -0.15) is 0 Å². The maximum atomic E-state index is 10.0. The zero-order chi connectivity index (χ0) is 28.6. The van der Waals surface area contributed by atoms with Gasteiger partial charge in [0.1, 0.15) is 6.61 Å². The third-order valence-corrected chi connectivity index (χ3v) is 3.23. The first kappa shape index (κ1) is 39.3. The minimum atomic E-state index is -5.04. The highest BCUT2D eigenvalue weighted by Crippen LogP contribution is 2.32. The lowest BCUT2D eigenvalue weighted by atomic mass is 10.1. The average Bonchev–Trinajstić information content (AvgIpc) is 2.63. The fraction of sp³-hybridized carbons (Fsp3) is 0.571. The molecule has 2 unspecified atom stereocenters. The Balaban J connectivity index is -0.000000189. The Morgan fingerprint density at radius 1 is 0.941 bits per heavy atom. The number of carboxylic acids is 1. The van der Waals surface area contributed by atoms with E-state index in [2.05, 4.69) is 21.9 Å². The van der Waals surface area contributed by atoms with Crippen LogP contribution in [0.25, 0.3) is 0 Å². The van der Waals surface area contributed by atoms with E-state index in [1.807, 2.05) is 0 Å². The summed E-state index contributed by atoms with van der Waals surface area (Å²) in [6.07, 6.45) is 4.83. The predicted octanol–water partition coefficient (Wildman–Crippen LogP) is -6.11. The van der Waals surface area contributed by atoms with Crippen LogP contribution in [0.15, 0.2) is 0 Å². The van der Waals surface area contributed by atoms with Crippen LogP contribution in [0.2, 0.25) is 0 Å². The third-order valence-electron chi connectivity index (χ3n) is 2.29. The minimum absolute atomic E-state index is 0.833. The zero-order valence-corrected chi connectivity index (χ0v) is 19.1. The van der Waals surface area contributed by atoms with Crippen LogP contribution >= 0.6 is 15.6 Å². The van der Waals surface area contributed by atoms with E-state index >= 15 is 0 Å². The maximum Gasteiger partial charge on any atom is 0.319 e. The van der Waals surface area contributed by atoms with Crippen molar-refractivity contribution in [3.05, 3.63) is 0 Å². The van der Waals surface area contributed by atoms with Gasteiger partial charge < -0.3 is 69.5 Å². The fourth-order valence-corrected chi connectivity index (χ4v) is 1.42. The van der Waals surface area contributed by atoms with Gasteiger partial charge in [-0.15, -0.1) is 12.8 Å². The molecule has 0 aliphatic rings. The van der Waals surface area contributed by atoms with Crippen molar-refractivity contribution in [2.24, 2.45) is 0 Å². The molecule has 0 aromatic rings. The number of phosphoric acid groups is 2. The van der Waals surface area contributed by atoms with E-state index in [4.69, 9.17) is 55.4 Å². The molecule has 0 aliphatic heterocycles. The summed E-state index contributed by atoms with van der Waals surface area (Å²) in [5.74, 6) is 1.26. The molecule has 0 saturated carbocycles. The SMILES string of the molecule is C#C[C@@](O)(CO)C(O)O.C#C[C@@](O)(COP(=O)([O-])O)C(O)O.CC(=O)O.CC(=O)OP(=O)([O-])O. The van der Waals surface area contributed by atoms with Crippen LogP contribution in [-0.4, -0.2) is 99.6 Å². The second kappa shape index (κ2) is 17.5. The molecule has 0 aliphatic carbocycles. The van der Waals surface area contributed by atoms with Crippen LogP contribution in [0.5, 0.6) is 0 Å². The van der Waals surface area contributed by atoms with Crippen molar-refractivity contribution in [2.75, 3.05) is 13.2 Å². The van der Waals surface area contributed by atoms with E-state index in [-0.39, 0.29) is 0 Å². The Morgan fingerprint density at radius 3 is 1.35 bits per heavy atom. The van der Waals surface area contributed by atoms with Crippen LogP contribution in [0.3, 0.4) is 0 Å². The standard InChI is InChI=1S/C5H9O7P.C5H8O4.C2H5O5P.C2H4O2/c1-2-5(8,4(6)7)3-12-13(9,10)11;1-2-5(9,3-6)4(7)8;1-2(3)7-8(4,5)6;1-2(3)4/h1,4,6-8H,3H2,(H2,9,10,11);1,4,6-9H,3H2;1H3,(H2,4,5,6);1H3,(H,3,4)/p-2/t2*5-;;/m11../s1. The maximum absolute atomic E-state index is 10.0. The molecule has 200 valence electrons. The molecule has 0 spiro atoms. The smallest absolute Gasteiger partial charge is 0.319 e. The van der Waals surface area contributed by atoms with Crippen LogP contribution in [0.1, 0.15) is 13.8 Å². The lowest BCUT2D eigenvalue weighted by Crippen LogP contribution is -2.45. The first-order chi connectivity index (χ1) is 14.9. The van der Waals surface area contributed by atoms with E-state index in [0.29, 0.717) is 0 Å². The molecule has 0 saturated heterocycles. The highest BCUT2D eigenvalue weighted by atomic mass is 31.2. The molecule has 10 N–H and O–H groups in total. The fourth-order valence-electron chi connectivity index (χ4n) is 0.735. The number of carbonyl (C=O) groups excluding carboxylic acids is 1. The lowest BCUT2D eigenvalue weighted by Gasteiger charge is -2.26. The Hall–Kier alpha value is -1.96. The van der Waals surface area contributed by atoms with Crippen molar-refractivity contribution in [3.8, 4) is 24.7 Å². The monoisotopic (exact) mass is 542 g/mol. The Kier molecular flexibility index (Phi) is 20.2. The lowest BCUT2D eigenvalue weighted by molar-refractivity contribution is -0.230. The van der Waals surface area contributed by atoms with Crippen molar-refractivity contribution in [3.63, 3.8) is 0 Å². The molecule has 20 heteroatoms. The summed E-state index contributed by atoms with van der Waals surface area (Å²) in [5, 5.41) is 66.9. The van der Waals surface area contributed by atoms with Gasteiger partial charge in [0.25, 0.3) is 13.8 Å². The third kappa shape index (κ3) is 26.3. The molecule has 0 amide bonds. The summed E-state index contributed by atoms with van der Waals surface area (Å²) in [6, 6.07) is 0. The van der Waals surface area contributed by atoms with E-state index in [9.17, 15) is 23.7 Å². The van der Waals surface area contributed by atoms with Gasteiger partial charge in [-0.05, 0) is 0 Å². The van der Waals surface area contributed by atoms with Gasteiger partial charge >= 0.3 is 13.8 Å². The second-order valence-corrected chi connectivity index (χ2v) is 7.67. The highest BCUT2D eigenvalue weighted by Gasteiger charge is 2.34. The number of phosphoric ester groups is 2.